The highest BCUT2D eigenvalue weighted by molar-refractivity contribution is 7.59. The minimum atomic E-state index is -1.13. The molecule has 9 N–H and O–H groups in total. The van der Waals surface area contributed by atoms with Crippen molar-refractivity contribution in [3.05, 3.63) is 101 Å². The summed E-state index contributed by atoms with van der Waals surface area (Å²) in [4.78, 5) is 80.2. The van der Waals surface area contributed by atoms with Gasteiger partial charge in [-0.25, -0.2) is 4.98 Å². The van der Waals surface area contributed by atoms with E-state index in [1.807, 2.05) is 92.7 Å². The number of thiazole rings is 1. The Labute approximate surface area is 368 Å². The third kappa shape index (κ3) is 14.6. The van der Waals surface area contributed by atoms with E-state index in [-0.39, 0.29) is 95.4 Å². The number of nitrogens with two attached hydrogens (primary N) is 2. The molecule has 0 aliphatic heterocycles. The van der Waals surface area contributed by atoms with Crippen molar-refractivity contribution < 1.29 is 24.0 Å². The SMILES string of the molecule is CC(=O)N[C@@H](Cc1c[nH]c2ccccc12)C(=O)N[C@@H](CC(C)C)C(=O)N[C@@H](Cc1ccccc1)C(=O)N[C@@H](CCCN=C(N)N)C(=O)c1nc2ccccc2s1.S.S.S. The predicted molar refractivity (Wildman–Crippen MR) is 250 cm³/mol. The summed E-state index contributed by atoms with van der Waals surface area (Å²) in [6.45, 7) is 5.40. The van der Waals surface area contributed by atoms with Crippen molar-refractivity contribution in [1.82, 2.24) is 31.2 Å². The lowest BCUT2D eigenvalue weighted by Crippen LogP contribution is -2.58. The average molecular weight is 882 g/mol. The third-order valence-corrected chi connectivity index (χ3v) is 10.2. The van der Waals surface area contributed by atoms with E-state index in [0.717, 1.165) is 26.7 Å². The lowest BCUT2D eigenvalue weighted by molar-refractivity contribution is -0.133. The first-order valence-corrected chi connectivity index (χ1v) is 19.4. The highest BCUT2D eigenvalue weighted by atomic mass is 32.1. The minimum Gasteiger partial charge on any atom is -0.370 e. The second kappa shape index (κ2) is 24.1. The number of H-pyrrole nitrogens is 1. The summed E-state index contributed by atoms with van der Waals surface area (Å²) >= 11 is 1.23. The van der Waals surface area contributed by atoms with Crippen LogP contribution in [0.3, 0.4) is 0 Å². The molecule has 18 heteroatoms. The molecule has 5 rings (SSSR count). The van der Waals surface area contributed by atoms with Gasteiger partial charge in [0, 0.05) is 43.4 Å². The van der Waals surface area contributed by atoms with Crippen LogP contribution in [0.1, 0.15) is 61.0 Å². The number of aromatic nitrogens is 2. The summed E-state index contributed by atoms with van der Waals surface area (Å²) in [5.74, 6) is -2.61. The van der Waals surface area contributed by atoms with Crippen LogP contribution in [-0.2, 0) is 32.0 Å². The zero-order valence-electron chi connectivity index (χ0n) is 33.2. The number of aliphatic imine (C=N–C) groups is 1. The summed E-state index contributed by atoms with van der Waals surface area (Å²) in [5.41, 5.74) is 14.2. The minimum absolute atomic E-state index is 0. The van der Waals surface area contributed by atoms with Gasteiger partial charge in [-0.3, -0.25) is 29.0 Å². The van der Waals surface area contributed by atoms with Crippen LogP contribution in [0, 0.1) is 5.92 Å². The number of amides is 4. The van der Waals surface area contributed by atoms with Crippen molar-refractivity contribution in [2.45, 2.75) is 77.0 Å². The number of hydrogen-bond donors (Lipinski definition) is 7. The maximum Gasteiger partial charge on any atom is 0.243 e. The van der Waals surface area contributed by atoms with Crippen molar-refractivity contribution in [3.8, 4) is 0 Å². The van der Waals surface area contributed by atoms with Crippen molar-refractivity contribution in [3.63, 3.8) is 0 Å². The van der Waals surface area contributed by atoms with Gasteiger partial charge in [-0.15, -0.1) is 11.3 Å². The van der Waals surface area contributed by atoms with E-state index < -0.39 is 47.8 Å². The van der Waals surface area contributed by atoms with E-state index in [4.69, 9.17) is 11.5 Å². The number of para-hydroxylation sites is 2. The Morgan fingerprint density at radius 3 is 2.00 bits per heavy atom. The van der Waals surface area contributed by atoms with E-state index in [1.165, 1.54) is 18.3 Å². The number of aromatic amines is 1. The van der Waals surface area contributed by atoms with Crippen molar-refractivity contribution in [2.75, 3.05) is 6.54 Å². The molecule has 0 bridgehead atoms. The van der Waals surface area contributed by atoms with E-state index in [2.05, 4.69) is 36.2 Å². The number of guanidine groups is 1. The molecule has 318 valence electrons. The van der Waals surface area contributed by atoms with Gasteiger partial charge >= 0.3 is 0 Å². The van der Waals surface area contributed by atoms with E-state index in [1.54, 1.807) is 6.20 Å². The van der Waals surface area contributed by atoms with Crippen LogP contribution in [0.4, 0.5) is 0 Å². The largest absolute Gasteiger partial charge is 0.370 e. The van der Waals surface area contributed by atoms with Crippen molar-refractivity contribution >= 4 is 108 Å². The van der Waals surface area contributed by atoms with E-state index >= 15 is 0 Å². The van der Waals surface area contributed by atoms with Gasteiger partial charge in [0.05, 0.1) is 16.3 Å². The number of rotatable bonds is 19. The molecule has 0 spiro atoms. The van der Waals surface area contributed by atoms with Crippen LogP contribution in [-0.4, -0.2) is 76.1 Å². The van der Waals surface area contributed by atoms with Gasteiger partial charge in [0.1, 0.15) is 18.1 Å². The summed E-state index contributed by atoms with van der Waals surface area (Å²) in [7, 11) is 0. The first kappa shape index (κ1) is 50.1. The molecule has 14 nitrogen and oxygen atoms in total. The molecule has 2 heterocycles. The normalized spacial score (nSPS) is 12.7. The van der Waals surface area contributed by atoms with E-state index in [0.29, 0.717) is 11.9 Å². The van der Waals surface area contributed by atoms with Crippen LogP contribution >= 0.6 is 51.8 Å². The predicted octanol–water partition coefficient (Wildman–Crippen LogP) is 3.84. The zero-order chi connectivity index (χ0) is 40.2. The fraction of sp³-hybridized carbons (Fsp3) is 0.341. The van der Waals surface area contributed by atoms with Crippen LogP contribution in [0.2, 0.25) is 0 Å². The van der Waals surface area contributed by atoms with Crippen molar-refractivity contribution in [1.29, 1.82) is 0 Å². The molecule has 0 aliphatic carbocycles. The quantitative estimate of drug-likeness (QED) is 0.0279. The Morgan fingerprint density at radius 2 is 1.34 bits per heavy atom. The molecule has 5 aromatic rings. The number of benzene rings is 3. The molecule has 4 atom stereocenters. The molecular formula is C41H55N9O5S4. The highest BCUT2D eigenvalue weighted by Crippen LogP contribution is 2.24. The summed E-state index contributed by atoms with van der Waals surface area (Å²) in [5, 5.41) is 12.5. The molecule has 59 heavy (non-hydrogen) atoms. The molecule has 0 unspecified atom stereocenters. The summed E-state index contributed by atoms with van der Waals surface area (Å²) in [6.07, 6.45) is 2.92. The van der Waals surface area contributed by atoms with Gasteiger partial charge in [-0.2, -0.15) is 40.5 Å². The number of hydrogen-bond acceptors (Lipinski definition) is 8. The number of nitrogens with one attached hydrogen (secondary N) is 5. The second-order valence-corrected chi connectivity index (χ2v) is 15.1. The number of ketones is 1. The maximum atomic E-state index is 14.2. The number of nitrogens with zero attached hydrogens (tertiary/aromatic N) is 2. The number of carbonyl (C=O) groups excluding carboxylic acids is 5. The molecule has 0 fully saturated rings. The standard InChI is InChI=1S/C41H49N9O5S.3H2S/c1-24(2)20-32(48-39(55)34(46-25(3)51)22-27-23-45-29-15-8-7-14-28(27)29)37(53)49-33(21-26-12-5-4-6-13-26)38(54)47-31(17-11-19-44-41(42)43)36(52)40-50-30-16-9-10-18-35(30)56-40;;;/h4-10,12-16,18,23-24,31-34,45H,11,17,19-22H2,1-3H3,(H,46,51)(H,47,54)(H,48,55)(H,49,53)(H4,42,43,44);3*1H2/t31-,32-,33-,34-;;;/m0.../s1. The van der Waals surface area contributed by atoms with Crippen LogP contribution < -0.4 is 32.7 Å². The summed E-state index contributed by atoms with van der Waals surface area (Å²) < 4.78 is 0.830. The van der Waals surface area contributed by atoms with Gasteiger partial charge in [0.15, 0.2) is 11.0 Å². The smallest absolute Gasteiger partial charge is 0.243 e. The molecule has 2 aromatic heterocycles. The molecule has 0 saturated heterocycles. The fourth-order valence-electron chi connectivity index (χ4n) is 6.45. The van der Waals surface area contributed by atoms with Gasteiger partial charge in [0.25, 0.3) is 0 Å². The molecule has 0 aliphatic rings. The number of Topliss-reactive ketones (excluding diaryl/α,β-unsaturated/α-hetero) is 1. The Balaban J connectivity index is 0.00000400. The van der Waals surface area contributed by atoms with E-state index in [9.17, 15) is 24.0 Å². The van der Waals surface area contributed by atoms with Crippen LogP contribution in [0.25, 0.3) is 21.1 Å². The van der Waals surface area contributed by atoms with Crippen LogP contribution in [0.5, 0.6) is 0 Å². The van der Waals surface area contributed by atoms with Gasteiger partial charge in [-0.05, 0) is 54.5 Å². The Morgan fingerprint density at radius 1 is 0.746 bits per heavy atom. The second-order valence-electron chi connectivity index (χ2n) is 14.1. The first-order valence-electron chi connectivity index (χ1n) is 18.6. The average Bonchev–Trinajstić information content (AvgIpc) is 3.79. The molecule has 0 radical (unpaired) electrons. The maximum absolute atomic E-state index is 14.2. The van der Waals surface area contributed by atoms with Crippen LogP contribution in [0.15, 0.2) is 90.1 Å². The third-order valence-electron chi connectivity index (χ3n) is 9.13. The lowest BCUT2D eigenvalue weighted by Gasteiger charge is -2.27. The zero-order valence-corrected chi connectivity index (χ0v) is 37.0. The Bertz CT molecular complexity index is 2160. The Hall–Kier alpha value is -5.04. The number of carbonyl (C=O) groups is 5. The van der Waals surface area contributed by atoms with Gasteiger partial charge in [-0.1, -0.05) is 74.5 Å². The summed E-state index contributed by atoms with van der Waals surface area (Å²) in [6, 6.07) is 20.0. The molecule has 0 saturated carbocycles. The molecule has 4 amide bonds. The lowest BCUT2D eigenvalue weighted by atomic mass is 9.99. The monoisotopic (exact) mass is 881 g/mol. The first-order chi connectivity index (χ1) is 26.9. The van der Waals surface area contributed by atoms with Gasteiger partial charge < -0.3 is 37.7 Å². The molecule has 3 aromatic carbocycles. The Kier molecular flexibility index (Phi) is 20.5. The molecular weight excluding hydrogens is 827 g/mol. The van der Waals surface area contributed by atoms with Gasteiger partial charge in [0.2, 0.25) is 29.4 Å². The number of fused-ring (bicyclic) bond motifs is 2. The fourth-order valence-corrected chi connectivity index (χ4v) is 7.41. The topological polar surface area (TPSA) is 227 Å². The highest BCUT2D eigenvalue weighted by Gasteiger charge is 2.33. The van der Waals surface area contributed by atoms with Crippen molar-refractivity contribution in [2.24, 2.45) is 22.4 Å².